The molecule has 0 aromatic heterocycles. The van der Waals surface area contributed by atoms with Crippen LogP contribution in [0.5, 0.6) is 0 Å². The third kappa shape index (κ3) is 18.7. The molecule has 0 bridgehead atoms. The molecule has 0 rings (SSSR count). The van der Waals surface area contributed by atoms with E-state index in [9.17, 15) is 0 Å². The molecular weight excluding hydrogens is 140 g/mol. The first-order valence-corrected chi connectivity index (χ1v) is 3.77. The van der Waals surface area contributed by atoms with Gasteiger partial charge < -0.3 is 18.8 Å². The van der Waals surface area contributed by atoms with E-state index in [1.54, 1.807) is 0 Å². The van der Waals surface area contributed by atoms with Gasteiger partial charge >= 0.3 is 9.05 Å². The van der Waals surface area contributed by atoms with E-state index in [0.717, 1.165) is 6.26 Å². The zero-order chi connectivity index (χ0) is 7.91. The van der Waals surface area contributed by atoms with Gasteiger partial charge in [-0.25, -0.2) is 0 Å². The van der Waals surface area contributed by atoms with Crippen LogP contribution >= 0.6 is 0 Å². The molecule has 0 saturated heterocycles. The average molecular weight is 150 g/mol. The Kier molecular flexibility index (Phi) is 6.87. The molecule has 0 radical (unpaired) electrons. The molecule has 3 N–H and O–H groups in total. The number of hydrogen-bond donors (Lipinski definition) is 3. The second-order valence-corrected chi connectivity index (χ2v) is 2.24. The molecule has 0 atom stereocenters. The van der Waals surface area contributed by atoms with Crippen molar-refractivity contribution in [2.24, 2.45) is 0 Å². The van der Waals surface area contributed by atoms with Crippen molar-refractivity contribution in [3.05, 3.63) is 26.0 Å². The van der Waals surface area contributed by atoms with Gasteiger partial charge in [0.25, 0.3) is 0 Å². The maximum atomic E-state index is 7.97. The predicted molar refractivity (Wildman–Crippen MR) is 34.9 cm³/mol. The van der Waals surface area contributed by atoms with E-state index < -0.39 is 9.05 Å². The van der Waals surface area contributed by atoms with Crippen molar-refractivity contribution in [2.45, 2.75) is 0 Å². The fourth-order valence-corrected chi connectivity index (χ4v) is 0.335. The molecular formula is C4H10O4Si. The number of rotatable bonds is 2. The van der Waals surface area contributed by atoms with Gasteiger partial charge in [-0.05, 0) is 0 Å². The first-order valence-electron chi connectivity index (χ1n) is 2.02. The van der Waals surface area contributed by atoms with Crippen molar-refractivity contribution in [1.29, 1.82) is 0 Å². The van der Waals surface area contributed by atoms with E-state index in [1.807, 2.05) is 0 Å². The van der Waals surface area contributed by atoms with Gasteiger partial charge in [0.15, 0.2) is 0 Å². The van der Waals surface area contributed by atoms with Crippen molar-refractivity contribution in [1.82, 2.24) is 0 Å². The fraction of sp³-hybridized carbons (Fsp3) is 0. The molecule has 5 heteroatoms. The van der Waals surface area contributed by atoms with Gasteiger partial charge in [-0.1, -0.05) is 6.58 Å². The molecule has 0 aliphatic carbocycles. The zero-order valence-corrected chi connectivity index (χ0v) is 5.95. The SMILES string of the molecule is C=C.C=CO[Si](O)(O)O. The lowest BCUT2D eigenvalue weighted by molar-refractivity contribution is 0.106. The highest BCUT2D eigenvalue weighted by atomic mass is 28.4. The van der Waals surface area contributed by atoms with E-state index in [1.165, 1.54) is 0 Å². The molecule has 0 aromatic rings. The van der Waals surface area contributed by atoms with Crippen LogP contribution in [-0.4, -0.2) is 23.4 Å². The normalized spacial score (nSPS) is 8.78. The molecule has 0 spiro atoms. The summed E-state index contributed by atoms with van der Waals surface area (Å²) in [5, 5.41) is 0. The smallest absolute Gasteiger partial charge is 0.488 e. The predicted octanol–water partition coefficient (Wildman–Crippen LogP) is -0.639. The van der Waals surface area contributed by atoms with E-state index >= 15 is 0 Å². The Morgan fingerprint density at radius 3 is 1.56 bits per heavy atom. The van der Waals surface area contributed by atoms with E-state index in [4.69, 9.17) is 14.4 Å². The topological polar surface area (TPSA) is 69.9 Å². The van der Waals surface area contributed by atoms with Gasteiger partial charge in [-0.15, -0.1) is 13.2 Å². The van der Waals surface area contributed by atoms with Gasteiger partial charge in [0, 0.05) is 0 Å². The first-order chi connectivity index (χ1) is 4.06. The Bertz CT molecular complexity index is 77.1. The van der Waals surface area contributed by atoms with Crippen LogP contribution in [0.1, 0.15) is 0 Å². The largest absolute Gasteiger partial charge is 0.740 e. The quantitative estimate of drug-likeness (QED) is 0.278. The summed E-state index contributed by atoms with van der Waals surface area (Å²) in [6.45, 7) is 8.98. The molecule has 0 aliphatic rings. The molecule has 0 aromatic carbocycles. The summed E-state index contributed by atoms with van der Waals surface area (Å²) in [4.78, 5) is 23.9. The lowest BCUT2D eigenvalue weighted by atomic mass is 11.2. The average Bonchev–Trinajstić information content (AvgIpc) is 1.69. The highest BCUT2D eigenvalue weighted by Gasteiger charge is 2.31. The summed E-state index contributed by atoms with van der Waals surface area (Å²) < 4.78 is 3.80. The molecule has 0 fully saturated rings. The van der Waals surface area contributed by atoms with Gasteiger partial charge in [0.2, 0.25) is 0 Å². The van der Waals surface area contributed by atoms with Crippen LogP contribution in [-0.2, 0) is 4.43 Å². The fourth-order valence-electron chi connectivity index (χ4n) is 0.112. The van der Waals surface area contributed by atoms with E-state index in [0.29, 0.717) is 0 Å². The van der Waals surface area contributed by atoms with Crippen molar-refractivity contribution < 1.29 is 18.8 Å². The molecule has 54 valence electrons. The minimum Gasteiger partial charge on any atom is -0.488 e. The van der Waals surface area contributed by atoms with Gasteiger partial charge in [0.05, 0.1) is 6.26 Å². The Morgan fingerprint density at radius 1 is 1.22 bits per heavy atom. The van der Waals surface area contributed by atoms with Crippen LogP contribution in [0.15, 0.2) is 26.0 Å². The maximum Gasteiger partial charge on any atom is 0.740 e. The highest BCUT2D eigenvalue weighted by molar-refractivity contribution is 6.48. The summed E-state index contributed by atoms with van der Waals surface area (Å²) in [6, 6.07) is 0. The van der Waals surface area contributed by atoms with Crippen LogP contribution in [0, 0.1) is 0 Å². The van der Waals surface area contributed by atoms with Gasteiger partial charge in [-0.3, -0.25) is 0 Å². The second kappa shape index (κ2) is 5.51. The molecule has 0 amide bonds. The molecule has 0 saturated carbocycles. The molecule has 9 heavy (non-hydrogen) atoms. The van der Waals surface area contributed by atoms with Crippen molar-refractivity contribution in [2.75, 3.05) is 0 Å². The minimum atomic E-state index is -4.28. The number of hydrogen-bond acceptors (Lipinski definition) is 4. The van der Waals surface area contributed by atoms with Crippen LogP contribution in [0.4, 0.5) is 0 Å². The van der Waals surface area contributed by atoms with Gasteiger partial charge in [0.1, 0.15) is 0 Å². The Hall–Kier alpha value is -0.623. The van der Waals surface area contributed by atoms with E-state index in [-0.39, 0.29) is 0 Å². The zero-order valence-electron chi connectivity index (χ0n) is 4.95. The van der Waals surface area contributed by atoms with Crippen LogP contribution in [0.25, 0.3) is 0 Å². The minimum absolute atomic E-state index is 0.770. The van der Waals surface area contributed by atoms with Gasteiger partial charge in [-0.2, -0.15) is 0 Å². The summed E-state index contributed by atoms with van der Waals surface area (Å²) in [5.41, 5.74) is 0. The highest BCUT2D eigenvalue weighted by Crippen LogP contribution is 1.85. The summed E-state index contributed by atoms with van der Waals surface area (Å²) in [7, 11) is -4.28. The van der Waals surface area contributed by atoms with Crippen molar-refractivity contribution >= 4 is 9.05 Å². The molecule has 0 unspecified atom stereocenters. The standard InChI is InChI=1S/C2H6O4Si.C2H4/c1-2-6-7(3,4)5;1-2/h2-5H,1H2;1-2H2. The van der Waals surface area contributed by atoms with Crippen LogP contribution < -0.4 is 0 Å². The van der Waals surface area contributed by atoms with Crippen molar-refractivity contribution in [3.63, 3.8) is 0 Å². The molecule has 4 nitrogen and oxygen atoms in total. The summed E-state index contributed by atoms with van der Waals surface area (Å²) in [5.74, 6) is 0. The van der Waals surface area contributed by atoms with Crippen LogP contribution in [0.2, 0.25) is 0 Å². The van der Waals surface area contributed by atoms with Crippen molar-refractivity contribution in [3.8, 4) is 0 Å². The third-order valence-corrected chi connectivity index (χ3v) is 0.724. The molecule has 0 heterocycles. The maximum absolute atomic E-state index is 7.97. The summed E-state index contributed by atoms with van der Waals surface area (Å²) in [6.07, 6.45) is 0.770. The van der Waals surface area contributed by atoms with Crippen LogP contribution in [0.3, 0.4) is 0 Å². The third-order valence-electron chi connectivity index (χ3n) is 0.241. The Morgan fingerprint density at radius 2 is 1.56 bits per heavy atom. The Balaban J connectivity index is 0. The van der Waals surface area contributed by atoms with E-state index in [2.05, 4.69) is 24.2 Å². The first kappa shape index (κ1) is 11.2. The monoisotopic (exact) mass is 150 g/mol. The summed E-state index contributed by atoms with van der Waals surface area (Å²) >= 11 is 0. The molecule has 0 aliphatic heterocycles. The lowest BCUT2D eigenvalue weighted by Crippen LogP contribution is -2.36. The Labute approximate surface area is 54.8 Å². The second-order valence-electron chi connectivity index (χ2n) is 0.858. The lowest BCUT2D eigenvalue weighted by Gasteiger charge is -2.04.